The Balaban J connectivity index is 2.00. The van der Waals surface area contributed by atoms with Gasteiger partial charge in [-0.2, -0.15) is 0 Å². The molecular weight excluding hydrogens is 356 g/mol. The van der Waals surface area contributed by atoms with E-state index in [1.807, 2.05) is 12.1 Å². The SMILES string of the molecule is CCCc1ccc(OCCOc2c(COC)cc(COC)cc2COC)cc1. The summed E-state index contributed by atoms with van der Waals surface area (Å²) in [6.45, 7) is 4.54. The molecule has 0 fully saturated rings. The zero-order valence-electron chi connectivity index (χ0n) is 17.5. The van der Waals surface area contributed by atoms with E-state index in [2.05, 4.69) is 31.2 Å². The number of hydrogen-bond donors (Lipinski definition) is 0. The van der Waals surface area contributed by atoms with Crippen molar-refractivity contribution in [2.75, 3.05) is 34.5 Å². The highest BCUT2D eigenvalue weighted by atomic mass is 16.5. The lowest BCUT2D eigenvalue weighted by Crippen LogP contribution is -2.12. The zero-order valence-corrected chi connectivity index (χ0v) is 17.5. The van der Waals surface area contributed by atoms with E-state index in [1.165, 1.54) is 5.56 Å². The summed E-state index contributed by atoms with van der Waals surface area (Å²) in [6.07, 6.45) is 2.23. The molecule has 0 unspecified atom stereocenters. The molecule has 0 heterocycles. The van der Waals surface area contributed by atoms with Crippen LogP contribution in [0, 0.1) is 0 Å². The third-order valence-corrected chi connectivity index (χ3v) is 4.27. The Morgan fingerprint density at radius 1 is 0.679 bits per heavy atom. The van der Waals surface area contributed by atoms with Gasteiger partial charge in [0.15, 0.2) is 0 Å². The highest BCUT2D eigenvalue weighted by Gasteiger charge is 2.13. The molecule has 0 bridgehead atoms. The smallest absolute Gasteiger partial charge is 0.130 e. The van der Waals surface area contributed by atoms with E-state index in [4.69, 9.17) is 23.7 Å². The van der Waals surface area contributed by atoms with Crippen molar-refractivity contribution < 1.29 is 23.7 Å². The Morgan fingerprint density at radius 2 is 1.25 bits per heavy atom. The van der Waals surface area contributed by atoms with Gasteiger partial charge in [0.25, 0.3) is 0 Å². The molecule has 0 aliphatic rings. The maximum atomic E-state index is 6.06. The van der Waals surface area contributed by atoms with Gasteiger partial charge >= 0.3 is 0 Å². The molecular formula is C23H32O5. The fraction of sp³-hybridized carbons (Fsp3) is 0.478. The molecule has 0 radical (unpaired) electrons. The number of rotatable bonds is 13. The van der Waals surface area contributed by atoms with E-state index < -0.39 is 0 Å². The summed E-state index contributed by atoms with van der Waals surface area (Å²) in [5.41, 5.74) is 4.36. The van der Waals surface area contributed by atoms with Crippen molar-refractivity contribution in [2.45, 2.75) is 39.6 Å². The van der Waals surface area contributed by atoms with Gasteiger partial charge in [0.2, 0.25) is 0 Å². The van der Waals surface area contributed by atoms with Gasteiger partial charge in [-0.1, -0.05) is 25.5 Å². The third kappa shape index (κ3) is 6.82. The Kier molecular flexibility index (Phi) is 9.83. The lowest BCUT2D eigenvalue weighted by atomic mass is 10.0. The minimum atomic E-state index is 0.438. The van der Waals surface area contributed by atoms with Crippen LogP contribution in [-0.2, 0) is 40.5 Å². The highest BCUT2D eigenvalue weighted by molar-refractivity contribution is 5.44. The van der Waals surface area contributed by atoms with Crippen LogP contribution in [0.1, 0.15) is 35.6 Å². The van der Waals surface area contributed by atoms with Crippen molar-refractivity contribution in [3.63, 3.8) is 0 Å². The van der Waals surface area contributed by atoms with Crippen LogP contribution in [0.25, 0.3) is 0 Å². The molecule has 0 aliphatic carbocycles. The van der Waals surface area contributed by atoms with Crippen LogP contribution in [0.5, 0.6) is 11.5 Å². The largest absolute Gasteiger partial charge is 0.490 e. The zero-order chi connectivity index (χ0) is 20.2. The number of aryl methyl sites for hydroxylation is 1. The first kappa shape index (κ1) is 22.2. The minimum Gasteiger partial charge on any atom is -0.490 e. The van der Waals surface area contributed by atoms with Gasteiger partial charge in [-0.05, 0) is 41.8 Å². The molecule has 2 aromatic carbocycles. The molecule has 0 atom stereocenters. The molecule has 0 N–H and O–H groups in total. The van der Waals surface area contributed by atoms with Crippen molar-refractivity contribution >= 4 is 0 Å². The van der Waals surface area contributed by atoms with Gasteiger partial charge in [0.05, 0.1) is 19.8 Å². The first-order chi connectivity index (χ1) is 13.7. The molecule has 5 heteroatoms. The van der Waals surface area contributed by atoms with Crippen molar-refractivity contribution in [1.82, 2.24) is 0 Å². The van der Waals surface area contributed by atoms with Crippen LogP contribution < -0.4 is 9.47 Å². The topological polar surface area (TPSA) is 46.2 Å². The summed E-state index contributed by atoms with van der Waals surface area (Å²) in [4.78, 5) is 0. The van der Waals surface area contributed by atoms with Crippen LogP contribution in [0.4, 0.5) is 0 Å². The summed E-state index contributed by atoms with van der Waals surface area (Å²) < 4.78 is 27.8. The maximum Gasteiger partial charge on any atom is 0.130 e. The number of hydrogen-bond acceptors (Lipinski definition) is 5. The molecule has 0 aliphatic heterocycles. The first-order valence-electron chi connectivity index (χ1n) is 9.67. The van der Waals surface area contributed by atoms with Crippen molar-refractivity contribution in [3.8, 4) is 11.5 Å². The number of methoxy groups -OCH3 is 3. The van der Waals surface area contributed by atoms with Crippen molar-refractivity contribution in [1.29, 1.82) is 0 Å². The second-order valence-corrected chi connectivity index (χ2v) is 6.63. The molecule has 0 saturated heterocycles. The van der Waals surface area contributed by atoms with E-state index >= 15 is 0 Å². The van der Waals surface area contributed by atoms with E-state index in [9.17, 15) is 0 Å². The Morgan fingerprint density at radius 3 is 1.79 bits per heavy atom. The summed E-state index contributed by atoms with van der Waals surface area (Å²) in [5.74, 6) is 1.65. The van der Waals surface area contributed by atoms with Crippen LogP contribution >= 0.6 is 0 Å². The van der Waals surface area contributed by atoms with Gasteiger partial charge in [-0.3, -0.25) is 0 Å². The van der Waals surface area contributed by atoms with Crippen LogP contribution in [-0.4, -0.2) is 34.5 Å². The fourth-order valence-electron chi connectivity index (χ4n) is 3.13. The number of benzene rings is 2. The maximum absolute atomic E-state index is 6.06. The average Bonchev–Trinajstić information content (AvgIpc) is 2.69. The van der Waals surface area contributed by atoms with Crippen LogP contribution in [0.3, 0.4) is 0 Å². The lowest BCUT2D eigenvalue weighted by molar-refractivity contribution is 0.161. The van der Waals surface area contributed by atoms with Crippen molar-refractivity contribution in [3.05, 3.63) is 58.7 Å². The molecule has 0 amide bonds. The predicted molar refractivity (Wildman–Crippen MR) is 110 cm³/mol. The van der Waals surface area contributed by atoms with Gasteiger partial charge < -0.3 is 23.7 Å². The summed E-state index contributed by atoms with van der Waals surface area (Å²) in [7, 11) is 5.03. The van der Waals surface area contributed by atoms with Gasteiger partial charge in [-0.25, -0.2) is 0 Å². The molecule has 2 aromatic rings. The normalized spacial score (nSPS) is 10.9. The number of ether oxygens (including phenoxy) is 5. The third-order valence-electron chi connectivity index (χ3n) is 4.27. The minimum absolute atomic E-state index is 0.438. The van der Waals surface area contributed by atoms with Gasteiger partial charge in [-0.15, -0.1) is 0 Å². The molecule has 0 spiro atoms. The summed E-state index contributed by atoms with van der Waals surface area (Å²) in [6, 6.07) is 12.3. The van der Waals surface area contributed by atoms with E-state index in [0.717, 1.165) is 41.0 Å². The molecule has 2 rings (SSSR count). The lowest BCUT2D eigenvalue weighted by Gasteiger charge is -2.18. The second kappa shape index (κ2) is 12.4. The van der Waals surface area contributed by atoms with E-state index in [0.29, 0.717) is 33.0 Å². The van der Waals surface area contributed by atoms with Gasteiger partial charge in [0, 0.05) is 32.5 Å². The average molecular weight is 389 g/mol. The standard InChI is InChI=1S/C23H32O5/c1-5-6-18-7-9-22(10-8-18)27-11-12-28-23-20(16-25-3)13-19(15-24-2)14-21(23)17-26-4/h7-10,13-14H,5-6,11-12,15-17H2,1-4H3. The van der Waals surface area contributed by atoms with Crippen LogP contribution in [0.2, 0.25) is 0 Å². The molecule has 154 valence electrons. The van der Waals surface area contributed by atoms with E-state index in [1.54, 1.807) is 21.3 Å². The quantitative estimate of drug-likeness (QED) is 0.472. The predicted octanol–water partition coefficient (Wildman–Crippen LogP) is 4.54. The fourth-order valence-corrected chi connectivity index (χ4v) is 3.13. The molecule has 0 saturated carbocycles. The Bertz CT molecular complexity index is 670. The summed E-state index contributed by atoms with van der Waals surface area (Å²) in [5, 5.41) is 0. The second-order valence-electron chi connectivity index (χ2n) is 6.63. The Hall–Kier alpha value is -2.08. The molecule has 0 aromatic heterocycles. The summed E-state index contributed by atoms with van der Waals surface area (Å²) >= 11 is 0. The molecule has 5 nitrogen and oxygen atoms in total. The monoisotopic (exact) mass is 388 g/mol. The Labute approximate surface area is 168 Å². The van der Waals surface area contributed by atoms with Crippen molar-refractivity contribution in [2.24, 2.45) is 0 Å². The van der Waals surface area contributed by atoms with Gasteiger partial charge in [0.1, 0.15) is 24.7 Å². The highest BCUT2D eigenvalue weighted by Crippen LogP contribution is 2.28. The molecule has 28 heavy (non-hydrogen) atoms. The first-order valence-corrected chi connectivity index (χ1v) is 9.67. The van der Waals surface area contributed by atoms with E-state index in [-0.39, 0.29) is 0 Å². The van der Waals surface area contributed by atoms with Crippen LogP contribution in [0.15, 0.2) is 36.4 Å².